The predicted molar refractivity (Wildman–Crippen MR) is 123 cm³/mol. The lowest BCUT2D eigenvalue weighted by molar-refractivity contribution is 0.0695. The van der Waals surface area contributed by atoms with E-state index < -0.39 is 34.0 Å². The van der Waals surface area contributed by atoms with Crippen LogP contribution in [-0.2, 0) is 4.84 Å². The molecule has 33 heavy (non-hydrogen) atoms. The van der Waals surface area contributed by atoms with E-state index in [0.717, 1.165) is 12.8 Å². The minimum Gasteiger partial charge on any atom is -0.492 e. The summed E-state index contributed by atoms with van der Waals surface area (Å²) in [6, 6.07) is -0.0242. The maximum atomic E-state index is 15.7. The van der Waals surface area contributed by atoms with Crippen LogP contribution in [0.3, 0.4) is 0 Å². The molecule has 4 rings (SSSR count). The molecule has 2 fully saturated rings. The van der Waals surface area contributed by atoms with Crippen LogP contribution >= 0.6 is 0 Å². The van der Waals surface area contributed by atoms with Crippen molar-refractivity contribution < 1.29 is 23.9 Å². The van der Waals surface area contributed by atoms with Crippen molar-refractivity contribution in [3.05, 3.63) is 27.8 Å². The maximum absolute atomic E-state index is 15.7. The van der Waals surface area contributed by atoms with Crippen molar-refractivity contribution in [1.29, 1.82) is 0 Å². The molecule has 11 heteroatoms. The number of aromatic carboxylic acids is 1. The van der Waals surface area contributed by atoms with Gasteiger partial charge in [-0.25, -0.2) is 9.18 Å². The summed E-state index contributed by atoms with van der Waals surface area (Å²) in [5, 5.41) is 13.4. The molecule has 0 radical (unpaired) electrons. The van der Waals surface area contributed by atoms with Crippen LogP contribution < -0.4 is 26.5 Å². The van der Waals surface area contributed by atoms with Gasteiger partial charge >= 0.3 is 5.97 Å². The SMILES string of the molecule is CCO/N=C1\CCN(c2c(F)c(N)c3c(=O)c(C(=O)O)cn(C4CC4)c3c2OC)CC1(C)N. The third kappa shape index (κ3) is 3.75. The largest absolute Gasteiger partial charge is 0.492 e. The molecule has 178 valence electrons. The average molecular weight is 461 g/mol. The van der Waals surface area contributed by atoms with Crippen LogP contribution in [0.25, 0.3) is 10.9 Å². The molecule has 5 N–H and O–H groups in total. The van der Waals surface area contributed by atoms with Crippen LogP contribution in [0.4, 0.5) is 15.8 Å². The number of anilines is 2. The van der Waals surface area contributed by atoms with E-state index >= 15 is 4.39 Å². The molecular weight excluding hydrogens is 433 g/mol. The van der Waals surface area contributed by atoms with Gasteiger partial charge in [-0.15, -0.1) is 0 Å². The van der Waals surface area contributed by atoms with Gasteiger partial charge in [0.05, 0.1) is 35.0 Å². The van der Waals surface area contributed by atoms with Crippen LogP contribution in [0, 0.1) is 5.82 Å². The van der Waals surface area contributed by atoms with E-state index in [1.165, 1.54) is 13.3 Å². The molecular formula is C22H28FN5O5. The van der Waals surface area contributed by atoms with Crippen molar-refractivity contribution in [2.45, 2.75) is 44.7 Å². The molecule has 0 spiro atoms. The summed E-state index contributed by atoms with van der Waals surface area (Å²) in [7, 11) is 1.38. The Morgan fingerprint density at radius 2 is 2.12 bits per heavy atom. The van der Waals surface area contributed by atoms with E-state index in [0.29, 0.717) is 25.3 Å². The van der Waals surface area contributed by atoms with Crippen LogP contribution in [0.5, 0.6) is 5.75 Å². The van der Waals surface area contributed by atoms with Gasteiger partial charge in [0, 0.05) is 31.7 Å². The number of nitrogen functional groups attached to an aromatic ring is 1. The molecule has 1 aromatic heterocycles. The molecule has 1 aromatic carbocycles. The number of benzene rings is 1. The Morgan fingerprint density at radius 1 is 1.42 bits per heavy atom. The fourth-order valence-electron chi connectivity index (χ4n) is 4.41. The summed E-state index contributed by atoms with van der Waals surface area (Å²) in [5.41, 5.74) is 11.0. The second-order valence-corrected chi connectivity index (χ2v) is 8.69. The van der Waals surface area contributed by atoms with E-state index in [9.17, 15) is 14.7 Å². The summed E-state index contributed by atoms with van der Waals surface area (Å²) >= 11 is 0. The van der Waals surface area contributed by atoms with Gasteiger partial charge in [0.1, 0.15) is 17.9 Å². The van der Waals surface area contributed by atoms with Gasteiger partial charge in [-0.3, -0.25) is 4.79 Å². The first-order chi connectivity index (χ1) is 15.6. The van der Waals surface area contributed by atoms with Crippen LogP contribution in [0.1, 0.15) is 49.5 Å². The van der Waals surface area contributed by atoms with Crippen molar-refractivity contribution in [2.75, 3.05) is 37.4 Å². The van der Waals surface area contributed by atoms with Crippen molar-refractivity contribution in [3.63, 3.8) is 0 Å². The van der Waals surface area contributed by atoms with Gasteiger partial charge in [-0.05, 0) is 26.7 Å². The summed E-state index contributed by atoms with van der Waals surface area (Å²) < 4.78 is 23.1. The molecule has 1 aliphatic heterocycles. The summed E-state index contributed by atoms with van der Waals surface area (Å²) in [4.78, 5) is 31.6. The number of carboxylic acid groups (broad SMARTS) is 1. The zero-order valence-electron chi connectivity index (χ0n) is 18.9. The molecule has 0 bridgehead atoms. The van der Waals surface area contributed by atoms with Gasteiger partial charge in [-0.1, -0.05) is 5.16 Å². The lowest BCUT2D eigenvalue weighted by atomic mass is 9.89. The molecule has 1 saturated carbocycles. The molecule has 0 amide bonds. The van der Waals surface area contributed by atoms with Gasteiger partial charge in [0.15, 0.2) is 11.6 Å². The number of oxime groups is 1. The second-order valence-electron chi connectivity index (χ2n) is 8.69. The van der Waals surface area contributed by atoms with Crippen LogP contribution in [-0.4, -0.2) is 53.7 Å². The average Bonchev–Trinajstić information content (AvgIpc) is 3.59. The standard InChI is InChI=1S/C22H28FN5O5/c1-4-33-26-13-7-8-27(10-22(13,2)25)18-15(23)16(24)14-17(20(18)32-3)28(11-5-6-11)9-12(19(14)29)21(30)31/h9,11H,4-8,10,24-25H2,1-3H3,(H,30,31)/b26-13+. The minimum atomic E-state index is -1.39. The van der Waals surface area contributed by atoms with Crippen molar-refractivity contribution in [3.8, 4) is 5.75 Å². The normalized spacial score (nSPS) is 22.1. The number of methoxy groups -OCH3 is 1. The van der Waals surface area contributed by atoms with E-state index in [4.69, 9.17) is 21.0 Å². The quantitative estimate of drug-likeness (QED) is 0.438. The third-order valence-corrected chi connectivity index (χ3v) is 6.17. The highest BCUT2D eigenvalue weighted by Gasteiger charge is 2.38. The topological polar surface area (TPSA) is 145 Å². The number of nitrogens with two attached hydrogens (primary N) is 2. The lowest BCUT2D eigenvalue weighted by Crippen LogP contribution is -2.59. The Hall–Kier alpha value is -3.34. The molecule has 2 aliphatic rings. The summed E-state index contributed by atoms with van der Waals surface area (Å²) in [6.07, 6.45) is 3.33. The smallest absolute Gasteiger partial charge is 0.341 e. The monoisotopic (exact) mass is 461 g/mol. The Morgan fingerprint density at radius 3 is 2.67 bits per heavy atom. The number of rotatable bonds is 6. The van der Waals surface area contributed by atoms with Crippen molar-refractivity contribution >= 4 is 34.0 Å². The number of nitrogens with zero attached hydrogens (tertiary/aromatic N) is 3. The third-order valence-electron chi connectivity index (χ3n) is 6.17. The second kappa shape index (κ2) is 8.22. The van der Waals surface area contributed by atoms with Gasteiger partial charge in [-0.2, -0.15) is 0 Å². The summed E-state index contributed by atoms with van der Waals surface area (Å²) in [5.74, 6) is -2.11. The van der Waals surface area contributed by atoms with Crippen molar-refractivity contribution in [2.24, 2.45) is 10.9 Å². The number of aromatic nitrogens is 1. The van der Waals surface area contributed by atoms with E-state index in [-0.39, 0.29) is 34.9 Å². The number of halogens is 1. The number of hydrogen-bond acceptors (Lipinski definition) is 8. The zero-order valence-corrected chi connectivity index (χ0v) is 18.9. The highest BCUT2D eigenvalue weighted by molar-refractivity contribution is 6.04. The highest BCUT2D eigenvalue weighted by atomic mass is 19.1. The molecule has 1 saturated heterocycles. The molecule has 1 aliphatic carbocycles. The first-order valence-corrected chi connectivity index (χ1v) is 10.8. The molecule has 2 aromatic rings. The number of hydrogen-bond donors (Lipinski definition) is 3. The lowest BCUT2D eigenvalue weighted by Gasteiger charge is -2.40. The number of carbonyl (C=O) groups is 1. The molecule has 1 unspecified atom stereocenters. The maximum Gasteiger partial charge on any atom is 0.341 e. The molecule has 10 nitrogen and oxygen atoms in total. The predicted octanol–water partition coefficient (Wildman–Crippen LogP) is 2.08. The Labute approximate surface area is 189 Å². The zero-order chi connectivity index (χ0) is 24.1. The van der Waals surface area contributed by atoms with Gasteiger partial charge < -0.3 is 35.6 Å². The Balaban J connectivity index is 1.95. The summed E-state index contributed by atoms with van der Waals surface area (Å²) in [6.45, 7) is 4.59. The minimum absolute atomic E-state index is 0.0242. The van der Waals surface area contributed by atoms with Gasteiger partial charge in [0.25, 0.3) is 0 Å². The highest BCUT2D eigenvalue weighted by Crippen LogP contribution is 2.46. The molecule has 1 atom stereocenters. The number of ether oxygens (including phenoxy) is 1. The van der Waals surface area contributed by atoms with Crippen LogP contribution in [0.15, 0.2) is 16.1 Å². The van der Waals surface area contributed by atoms with Gasteiger partial charge in [0.2, 0.25) is 5.43 Å². The van der Waals surface area contributed by atoms with E-state index in [1.807, 2.05) is 6.92 Å². The number of fused-ring (bicyclic) bond motifs is 1. The van der Waals surface area contributed by atoms with E-state index in [1.54, 1.807) is 16.4 Å². The van der Waals surface area contributed by atoms with Crippen LogP contribution in [0.2, 0.25) is 0 Å². The fraction of sp³-hybridized carbons (Fsp3) is 0.500. The fourth-order valence-corrected chi connectivity index (χ4v) is 4.41. The van der Waals surface area contributed by atoms with E-state index in [2.05, 4.69) is 5.16 Å². The molecule has 2 heterocycles. The number of pyridine rings is 1. The number of piperidine rings is 1. The Kier molecular flexibility index (Phi) is 5.69. The Bertz CT molecular complexity index is 1220. The van der Waals surface area contributed by atoms with Crippen molar-refractivity contribution in [1.82, 2.24) is 4.57 Å². The first kappa shape index (κ1) is 22.8. The first-order valence-electron chi connectivity index (χ1n) is 10.8. The number of carboxylic acids is 1.